The molecule has 0 atom stereocenters. The van der Waals surface area contributed by atoms with Crippen molar-refractivity contribution in [2.45, 2.75) is 6.92 Å². The number of morpholine rings is 1. The fourth-order valence-corrected chi connectivity index (χ4v) is 3.24. The molecule has 1 aliphatic heterocycles. The molecule has 2 heterocycles. The largest absolute Gasteiger partial charge is 0.422 e. The Labute approximate surface area is 155 Å². The van der Waals surface area contributed by atoms with Crippen molar-refractivity contribution in [3.05, 3.63) is 64.5 Å². The van der Waals surface area contributed by atoms with Gasteiger partial charge in [0.2, 0.25) is 0 Å². The van der Waals surface area contributed by atoms with Gasteiger partial charge in [-0.3, -0.25) is 0 Å². The second-order valence-corrected chi connectivity index (χ2v) is 6.38. The molecule has 0 N–H and O–H groups in total. The number of fused-ring (bicyclic) bond motifs is 1. The molecule has 1 aromatic heterocycles. The summed E-state index contributed by atoms with van der Waals surface area (Å²) in [4.78, 5) is 26.4. The van der Waals surface area contributed by atoms with Gasteiger partial charge in [0.15, 0.2) is 0 Å². The molecule has 3 aromatic rings. The molecule has 0 saturated carbocycles. The molecule has 27 heavy (non-hydrogen) atoms. The second kappa shape index (κ2) is 7.25. The van der Waals surface area contributed by atoms with E-state index in [1.165, 1.54) is 0 Å². The van der Waals surface area contributed by atoms with Crippen LogP contribution in [0.1, 0.15) is 5.56 Å². The van der Waals surface area contributed by atoms with Crippen molar-refractivity contribution in [1.82, 2.24) is 4.90 Å². The van der Waals surface area contributed by atoms with E-state index in [2.05, 4.69) is 0 Å². The number of carbonyl (C=O) groups excluding carboxylic acids is 1. The maximum Gasteiger partial charge on any atom is 0.415 e. The Bertz CT molecular complexity index is 1040. The summed E-state index contributed by atoms with van der Waals surface area (Å²) in [5.41, 5.74) is 2.17. The minimum Gasteiger partial charge on any atom is -0.422 e. The Balaban J connectivity index is 1.71. The highest BCUT2D eigenvalue weighted by Crippen LogP contribution is 2.29. The van der Waals surface area contributed by atoms with E-state index in [-0.39, 0.29) is 5.63 Å². The predicted molar refractivity (Wildman–Crippen MR) is 101 cm³/mol. The fraction of sp³-hybridized carbons (Fsp3) is 0.238. The third kappa shape index (κ3) is 3.44. The fourth-order valence-electron chi connectivity index (χ4n) is 3.24. The van der Waals surface area contributed by atoms with E-state index >= 15 is 0 Å². The van der Waals surface area contributed by atoms with E-state index in [0.717, 1.165) is 16.5 Å². The lowest BCUT2D eigenvalue weighted by Gasteiger charge is -2.25. The van der Waals surface area contributed by atoms with E-state index < -0.39 is 6.09 Å². The molecule has 2 aromatic carbocycles. The molecule has 1 aliphatic rings. The van der Waals surface area contributed by atoms with Gasteiger partial charge in [-0.25, -0.2) is 9.59 Å². The van der Waals surface area contributed by atoms with Gasteiger partial charge in [0, 0.05) is 18.5 Å². The minimum atomic E-state index is -0.407. The van der Waals surface area contributed by atoms with Gasteiger partial charge in [-0.05, 0) is 36.2 Å². The van der Waals surface area contributed by atoms with Crippen molar-refractivity contribution in [2.24, 2.45) is 0 Å². The first-order chi connectivity index (χ1) is 13.1. The molecule has 0 unspecified atom stereocenters. The van der Waals surface area contributed by atoms with E-state index in [1.54, 1.807) is 23.1 Å². The van der Waals surface area contributed by atoms with Crippen LogP contribution in [0.15, 0.2) is 57.7 Å². The van der Waals surface area contributed by atoms with Gasteiger partial charge in [-0.1, -0.05) is 30.3 Å². The van der Waals surface area contributed by atoms with Gasteiger partial charge in [0.05, 0.1) is 18.8 Å². The Morgan fingerprint density at radius 2 is 1.81 bits per heavy atom. The van der Waals surface area contributed by atoms with Crippen molar-refractivity contribution in [3.63, 3.8) is 0 Å². The predicted octanol–water partition coefficient (Wildman–Crippen LogP) is 3.60. The number of carbonyl (C=O) groups is 1. The molecule has 6 heteroatoms. The monoisotopic (exact) mass is 365 g/mol. The van der Waals surface area contributed by atoms with Crippen LogP contribution in [0.25, 0.3) is 22.1 Å². The summed E-state index contributed by atoms with van der Waals surface area (Å²) in [6.45, 7) is 3.92. The van der Waals surface area contributed by atoms with E-state index in [0.29, 0.717) is 43.2 Å². The molecular formula is C21H19NO5. The van der Waals surface area contributed by atoms with Gasteiger partial charge in [-0.2, -0.15) is 0 Å². The second-order valence-electron chi connectivity index (χ2n) is 6.38. The number of amides is 1. The highest BCUT2D eigenvalue weighted by Gasteiger charge is 2.20. The van der Waals surface area contributed by atoms with Crippen LogP contribution in [0, 0.1) is 6.92 Å². The first-order valence-corrected chi connectivity index (χ1v) is 8.81. The minimum absolute atomic E-state index is 0.385. The van der Waals surface area contributed by atoms with Crippen LogP contribution in [-0.4, -0.2) is 37.3 Å². The summed E-state index contributed by atoms with van der Waals surface area (Å²) < 4.78 is 16.2. The number of nitrogens with zero attached hydrogens (tertiary/aromatic N) is 1. The topological polar surface area (TPSA) is 69.0 Å². The summed E-state index contributed by atoms with van der Waals surface area (Å²) in [5, 5.41) is 0.737. The van der Waals surface area contributed by atoms with Crippen LogP contribution < -0.4 is 10.4 Å². The van der Waals surface area contributed by atoms with E-state index in [1.807, 2.05) is 37.3 Å². The molecule has 1 amide bonds. The van der Waals surface area contributed by atoms with Crippen LogP contribution in [0.4, 0.5) is 4.79 Å². The molecule has 1 fully saturated rings. The molecule has 138 valence electrons. The van der Waals surface area contributed by atoms with Gasteiger partial charge in [-0.15, -0.1) is 0 Å². The first-order valence-electron chi connectivity index (χ1n) is 8.81. The zero-order valence-corrected chi connectivity index (χ0v) is 14.9. The summed E-state index contributed by atoms with van der Waals surface area (Å²) in [6, 6.07) is 14.4. The lowest BCUT2D eigenvalue weighted by Crippen LogP contribution is -2.42. The molecule has 0 radical (unpaired) electrons. The average molecular weight is 365 g/mol. The van der Waals surface area contributed by atoms with Gasteiger partial charge in [0.1, 0.15) is 11.3 Å². The number of hydrogen-bond donors (Lipinski definition) is 0. The molecule has 0 spiro atoms. The number of benzene rings is 2. The molecule has 0 bridgehead atoms. The molecular weight excluding hydrogens is 346 g/mol. The zero-order valence-electron chi connectivity index (χ0n) is 14.9. The van der Waals surface area contributed by atoms with E-state index in [4.69, 9.17) is 13.9 Å². The Morgan fingerprint density at radius 1 is 1.07 bits per heavy atom. The van der Waals surface area contributed by atoms with Crippen molar-refractivity contribution in [3.8, 4) is 16.9 Å². The van der Waals surface area contributed by atoms with Crippen LogP contribution >= 0.6 is 0 Å². The molecule has 0 aliphatic carbocycles. The third-order valence-corrected chi connectivity index (χ3v) is 4.67. The number of ether oxygens (including phenoxy) is 2. The van der Waals surface area contributed by atoms with Crippen molar-refractivity contribution in [1.29, 1.82) is 0 Å². The van der Waals surface area contributed by atoms with Crippen LogP contribution in [0.5, 0.6) is 5.75 Å². The summed E-state index contributed by atoms with van der Waals surface area (Å²) in [5.74, 6) is 0.412. The van der Waals surface area contributed by atoms with Crippen LogP contribution in [-0.2, 0) is 4.74 Å². The molecule has 6 nitrogen and oxygen atoms in total. The Hall–Kier alpha value is -3.12. The lowest BCUT2D eigenvalue weighted by atomic mass is 9.99. The van der Waals surface area contributed by atoms with Gasteiger partial charge >= 0.3 is 11.7 Å². The zero-order chi connectivity index (χ0) is 18.8. The van der Waals surface area contributed by atoms with Crippen molar-refractivity contribution < 1.29 is 18.7 Å². The van der Waals surface area contributed by atoms with Crippen LogP contribution in [0.2, 0.25) is 0 Å². The highest BCUT2D eigenvalue weighted by atomic mass is 16.6. The first kappa shape index (κ1) is 17.3. The average Bonchev–Trinajstić information content (AvgIpc) is 2.70. The Morgan fingerprint density at radius 3 is 2.56 bits per heavy atom. The maximum atomic E-state index is 12.5. The summed E-state index contributed by atoms with van der Waals surface area (Å²) >= 11 is 0. The quantitative estimate of drug-likeness (QED) is 0.649. The SMILES string of the molecule is Cc1c(-c2ccccc2)c(=O)oc2ccc(OC(=O)N3CCOCC3)cc12. The van der Waals surface area contributed by atoms with Gasteiger partial charge < -0.3 is 18.8 Å². The number of hydrogen-bond acceptors (Lipinski definition) is 5. The summed E-state index contributed by atoms with van der Waals surface area (Å²) in [6.07, 6.45) is -0.407. The number of rotatable bonds is 2. The van der Waals surface area contributed by atoms with Crippen molar-refractivity contribution in [2.75, 3.05) is 26.3 Å². The lowest BCUT2D eigenvalue weighted by molar-refractivity contribution is 0.0416. The standard InChI is InChI=1S/C21H19NO5/c1-14-17-13-16(26-21(24)22-9-11-25-12-10-22)7-8-18(17)27-20(23)19(14)15-5-3-2-4-6-15/h2-8,13H,9-12H2,1H3. The maximum absolute atomic E-state index is 12.5. The normalized spacial score (nSPS) is 14.3. The summed E-state index contributed by atoms with van der Waals surface area (Å²) in [7, 11) is 0. The smallest absolute Gasteiger partial charge is 0.415 e. The molecule has 4 rings (SSSR count). The van der Waals surface area contributed by atoms with Gasteiger partial charge in [0.25, 0.3) is 0 Å². The van der Waals surface area contributed by atoms with E-state index in [9.17, 15) is 9.59 Å². The van der Waals surface area contributed by atoms with Crippen molar-refractivity contribution >= 4 is 17.1 Å². The third-order valence-electron chi connectivity index (χ3n) is 4.67. The number of aryl methyl sites for hydroxylation is 1. The molecule has 1 saturated heterocycles. The highest BCUT2D eigenvalue weighted by molar-refractivity contribution is 5.88. The Kier molecular flexibility index (Phi) is 4.64. The van der Waals surface area contributed by atoms with Crippen LogP contribution in [0.3, 0.4) is 0 Å².